The molecule has 0 N–H and O–H groups in total. The second-order valence-corrected chi connectivity index (χ2v) is 8.25. The van der Waals surface area contributed by atoms with Crippen molar-refractivity contribution in [3.05, 3.63) is 34.4 Å². The zero-order valence-electron chi connectivity index (χ0n) is 20.7. The number of rotatable bonds is 7. The summed E-state index contributed by atoms with van der Waals surface area (Å²) in [6, 6.07) is 3.59. The number of carbonyl (C=O) groups excluding carboxylic acids is 5. The Kier molecular flexibility index (Phi) is 9.35. The predicted molar refractivity (Wildman–Crippen MR) is 118 cm³/mol. The van der Waals surface area contributed by atoms with E-state index in [1.54, 1.807) is 26.0 Å². The van der Waals surface area contributed by atoms with Gasteiger partial charge in [0.1, 0.15) is 12.7 Å². The van der Waals surface area contributed by atoms with Crippen molar-refractivity contribution in [3.8, 4) is 0 Å². The third kappa shape index (κ3) is 7.51. The molecule has 1 aliphatic rings. The van der Waals surface area contributed by atoms with Gasteiger partial charge in [0.25, 0.3) is 0 Å². The van der Waals surface area contributed by atoms with Gasteiger partial charge in [-0.25, -0.2) is 4.79 Å². The van der Waals surface area contributed by atoms with Crippen LogP contribution in [-0.2, 0) is 47.6 Å². The summed E-state index contributed by atoms with van der Waals surface area (Å²) >= 11 is 0. The molecule has 2 rings (SSSR count). The molecule has 0 aromatic heterocycles. The number of hydrogen-bond acceptors (Lipinski definition) is 11. The Morgan fingerprint density at radius 3 is 1.71 bits per heavy atom. The van der Waals surface area contributed by atoms with E-state index in [4.69, 9.17) is 28.4 Å². The SMILES string of the molecule is CC(=O)OC[C@H]1O[C@H](OC(C)=O)[C@H](OC(=O)c2c(C)cc(C)cc2C)[C@@H](OC(C)=O)[C@@H]1OC(C)=O. The van der Waals surface area contributed by atoms with Crippen LogP contribution in [0.3, 0.4) is 0 Å². The molecular formula is C24H30O11. The predicted octanol–water partition coefficient (Wildman–Crippen LogP) is 1.85. The molecule has 35 heavy (non-hydrogen) atoms. The molecule has 1 aromatic rings. The first-order valence-electron chi connectivity index (χ1n) is 10.9. The third-order valence-corrected chi connectivity index (χ3v) is 5.05. The highest BCUT2D eigenvalue weighted by Gasteiger charge is 2.54. The van der Waals surface area contributed by atoms with Crippen LogP contribution in [0.15, 0.2) is 12.1 Å². The lowest BCUT2D eigenvalue weighted by atomic mass is 9.97. The molecule has 0 saturated carbocycles. The summed E-state index contributed by atoms with van der Waals surface area (Å²) in [7, 11) is 0. The fourth-order valence-corrected chi connectivity index (χ4v) is 3.94. The molecule has 1 aliphatic heterocycles. The summed E-state index contributed by atoms with van der Waals surface area (Å²) in [5, 5.41) is 0. The molecule has 11 heteroatoms. The van der Waals surface area contributed by atoms with Gasteiger partial charge in [0.05, 0.1) is 5.56 Å². The van der Waals surface area contributed by atoms with E-state index in [0.717, 1.165) is 33.3 Å². The van der Waals surface area contributed by atoms with Crippen LogP contribution in [0.2, 0.25) is 0 Å². The summed E-state index contributed by atoms with van der Waals surface area (Å²) in [4.78, 5) is 60.2. The molecule has 0 bridgehead atoms. The largest absolute Gasteiger partial charge is 0.463 e. The molecule has 0 spiro atoms. The minimum absolute atomic E-state index is 0.268. The number of esters is 5. The molecule has 11 nitrogen and oxygen atoms in total. The maximum absolute atomic E-state index is 13.2. The van der Waals surface area contributed by atoms with Crippen molar-refractivity contribution in [1.29, 1.82) is 0 Å². The van der Waals surface area contributed by atoms with Gasteiger partial charge in [0.15, 0.2) is 12.2 Å². The van der Waals surface area contributed by atoms with Crippen LogP contribution in [0.5, 0.6) is 0 Å². The number of aryl methyl sites for hydroxylation is 3. The van der Waals surface area contributed by atoms with Crippen LogP contribution in [0, 0.1) is 20.8 Å². The number of hydrogen-bond donors (Lipinski definition) is 0. The van der Waals surface area contributed by atoms with Crippen molar-refractivity contribution >= 4 is 29.8 Å². The zero-order chi connectivity index (χ0) is 26.4. The lowest BCUT2D eigenvalue weighted by Gasteiger charge is -2.43. The Balaban J connectivity index is 2.52. The molecule has 0 amide bonds. The van der Waals surface area contributed by atoms with E-state index in [9.17, 15) is 24.0 Å². The second kappa shape index (κ2) is 11.8. The maximum atomic E-state index is 13.2. The van der Waals surface area contributed by atoms with Gasteiger partial charge < -0.3 is 28.4 Å². The standard InChI is InChI=1S/C24H30O11/c1-11-8-12(2)19(13(3)9-11)23(29)35-22-21(32-16(6)27)20(31-15(5)26)18(10-30-14(4)25)34-24(22)33-17(7)28/h8-9,18,20-22,24H,10H2,1-7H3/t18-,20-,21+,22-,24+/m1/s1. The van der Waals surface area contributed by atoms with Gasteiger partial charge in [0, 0.05) is 27.7 Å². The van der Waals surface area contributed by atoms with Crippen LogP contribution in [0.25, 0.3) is 0 Å². The topological polar surface area (TPSA) is 141 Å². The normalized spacial score (nSPS) is 23.6. The number of carbonyl (C=O) groups is 5. The van der Waals surface area contributed by atoms with Crippen LogP contribution in [0.4, 0.5) is 0 Å². The quantitative estimate of drug-likeness (QED) is 0.405. The van der Waals surface area contributed by atoms with Crippen molar-refractivity contribution in [2.75, 3.05) is 6.61 Å². The Bertz CT molecular complexity index is 976. The molecule has 0 radical (unpaired) electrons. The van der Waals surface area contributed by atoms with E-state index in [1.165, 1.54) is 0 Å². The molecule has 192 valence electrons. The smallest absolute Gasteiger partial charge is 0.339 e. The first kappa shape index (κ1) is 27.8. The molecule has 1 saturated heterocycles. The van der Waals surface area contributed by atoms with Gasteiger partial charge in [0.2, 0.25) is 12.4 Å². The monoisotopic (exact) mass is 494 g/mol. The fourth-order valence-electron chi connectivity index (χ4n) is 3.94. The summed E-state index contributed by atoms with van der Waals surface area (Å²) < 4.78 is 32.3. The van der Waals surface area contributed by atoms with Gasteiger partial charge in [-0.3, -0.25) is 19.2 Å². The van der Waals surface area contributed by atoms with E-state index in [-0.39, 0.29) is 5.56 Å². The first-order valence-corrected chi connectivity index (χ1v) is 10.9. The van der Waals surface area contributed by atoms with Crippen LogP contribution < -0.4 is 0 Å². The van der Waals surface area contributed by atoms with E-state index in [0.29, 0.717) is 11.1 Å². The Morgan fingerprint density at radius 2 is 1.23 bits per heavy atom. The second-order valence-electron chi connectivity index (χ2n) is 8.25. The summed E-state index contributed by atoms with van der Waals surface area (Å²) in [5.74, 6) is -3.77. The van der Waals surface area contributed by atoms with Crippen molar-refractivity contribution in [1.82, 2.24) is 0 Å². The molecular weight excluding hydrogens is 464 g/mol. The highest BCUT2D eigenvalue weighted by Crippen LogP contribution is 2.31. The molecule has 1 fully saturated rings. The number of ether oxygens (including phenoxy) is 6. The number of benzene rings is 1. The van der Waals surface area contributed by atoms with Gasteiger partial charge in [-0.1, -0.05) is 17.7 Å². The van der Waals surface area contributed by atoms with Gasteiger partial charge in [-0.15, -0.1) is 0 Å². The average molecular weight is 494 g/mol. The Labute approximate surface area is 202 Å². The van der Waals surface area contributed by atoms with Gasteiger partial charge >= 0.3 is 29.8 Å². The minimum Gasteiger partial charge on any atom is -0.463 e. The van der Waals surface area contributed by atoms with Crippen molar-refractivity contribution in [2.45, 2.75) is 79.2 Å². The summed E-state index contributed by atoms with van der Waals surface area (Å²) in [6.45, 7) is 9.42. The average Bonchev–Trinajstić information content (AvgIpc) is 2.69. The Hall–Kier alpha value is -3.47. The van der Waals surface area contributed by atoms with E-state index in [1.807, 2.05) is 6.92 Å². The van der Waals surface area contributed by atoms with Gasteiger partial charge in [-0.05, 0) is 31.9 Å². The van der Waals surface area contributed by atoms with E-state index in [2.05, 4.69) is 0 Å². The maximum Gasteiger partial charge on any atom is 0.339 e. The molecule has 1 heterocycles. The first-order chi connectivity index (χ1) is 16.3. The zero-order valence-corrected chi connectivity index (χ0v) is 20.7. The summed E-state index contributed by atoms with van der Waals surface area (Å²) in [6.07, 6.45) is -7.05. The van der Waals surface area contributed by atoms with Crippen molar-refractivity contribution < 1.29 is 52.4 Å². The van der Waals surface area contributed by atoms with Crippen LogP contribution in [-0.4, -0.2) is 67.2 Å². The molecule has 0 aliphatic carbocycles. The third-order valence-electron chi connectivity index (χ3n) is 5.05. The molecule has 5 atom stereocenters. The van der Waals surface area contributed by atoms with Gasteiger partial charge in [-0.2, -0.15) is 0 Å². The fraction of sp³-hybridized carbons (Fsp3) is 0.542. The lowest BCUT2D eigenvalue weighted by Crippen LogP contribution is -2.63. The minimum atomic E-state index is -1.56. The van der Waals surface area contributed by atoms with E-state index < -0.39 is 67.2 Å². The lowest BCUT2D eigenvalue weighted by molar-refractivity contribution is -0.296. The molecule has 0 unspecified atom stereocenters. The van der Waals surface area contributed by atoms with Crippen molar-refractivity contribution in [2.24, 2.45) is 0 Å². The van der Waals surface area contributed by atoms with E-state index >= 15 is 0 Å². The summed E-state index contributed by atoms with van der Waals surface area (Å²) in [5.41, 5.74) is 2.49. The highest BCUT2D eigenvalue weighted by molar-refractivity contribution is 5.93. The Morgan fingerprint density at radius 1 is 0.714 bits per heavy atom. The van der Waals surface area contributed by atoms with Crippen LogP contribution in [0.1, 0.15) is 54.7 Å². The molecule has 1 aromatic carbocycles. The van der Waals surface area contributed by atoms with Crippen LogP contribution >= 0.6 is 0 Å². The van der Waals surface area contributed by atoms with Crippen molar-refractivity contribution in [3.63, 3.8) is 0 Å². The highest BCUT2D eigenvalue weighted by atomic mass is 16.7.